The minimum Gasteiger partial charge on any atom is -0.476 e. The molecule has 0 aliphatic rings. The molecular weight excluding hydrogens is 222 g/mol. The van der Waals surface area contributed by atoms with Crippen LogP contribution in [0, 0.1) is 0 Å². The molecule has 0 amide bonds. The second-order valence-corrected chi connectivity index (χ2v) is 3.99. The quantitative estimate of drug-likeness (QED) is 0.548. The van der Waals surface area contributed by atoms with Crippen molar-refractivity contribution >= 4 is 5.82 Å². The predicted octanol–water partition coefficient (Wildman–Crippen LogP) is 1.03. The summed E-state index contributed by atoms with van der Waals surface area (Å²) in [6.07, 6.45) is 3.84. The van der Waals surface area contributed by atoms with Gasteiger partial charge in [-0.25, -0.2) is 9.97 Å². The third kappa shape index (κ3) is 6.03. The van der Waals surface area contributed by atoms with E-state index in [-0.39, 0.29) is 0 Å². The third-order valence-electron chi connectivity index (χ3n) is 1.88. The van der Waals surface area contributed by atoms with E-state index in [2.05, 4.69) is 15.3 Å². The predicted molar refractivity (Wildman–Crippen MR) is 63.9 cm³/mol. The number of anilines is 1. The summed E-state index contributed by atoms with van der Waals surface area (Å²) in [5.74, 6) is 0.0869. The molecule has 0 aliphatic carbocycles. The first-order valence-corrected chi connectivity index (χ1v) is 5.50. The number of nitrogens with one attached hydrogen (secondary N) is 1. The van der Waals surface area contributed by atoms with E-state index >= 15 is 0 Å². The van der Waals surface area contributed by atoms with E-state index in [9.17, 15) is 5.11 Å². The minimum atomic E-state index is -1.09. The lowest BCUT2D eigenvalue weighted by molar-refractivity contribution is -0.176. The van der Waals surface area contributed by atoms with Crippen molar-refractivity contribution in [2.24, 2.45) is 0 Å². The molecule has 1 aromatic heterocycles. The summed E-state index contributed by atoms with van der Waals surface area (Å²) in [6, 6.07) is 0. The van der Waals surface area contributed by atoms with Crippen molar-refractivity contribution in [1.82, 2.24) is 9.97 Å². The van der Waals surface area contributed by atoms with Gasteiger partial charge >= 0.3 is 0 Å². The second-order valence-electron chi connectivity index (χ2n) is 3.99. The highest BCUT2D eigenvalue weighted by Crippen LogP contribution is 2.07. The Morgan fingerprint density at radius 3 is 2.59 bits per heavy atom. The van der Waals surface area contributed by atoms with Crippen molar-refractivity contribution in [3.05, 3.63) is 12.4 Å². The van der Waals surface area contributed by atoms with Crippen LogP contribution in [0.5, 0.6) is 5.88 Å². The molecule has 0 atom stereocenters. The average Bonchev–Trinajstić information content (AvgIpc) is 2.28. The maximum Gasteiger partial charge on any atom is 0.232 e. The normalized spacial score (nSPS) is 11.3. The number of rotatable bonds is 7. The maximum absolute atomic E-state index is 9.30. The van der Waals surface area contributed by atoms with Crippen molar-refractivity contribution < 1.29 is 14.6 Å². The number of hydrogen-bond acceptors (Lipinski definition) is 6. The number of ether oxygens (including phenoxy) is 2. The van der Waals surface area contributed by atoms with Crippen molar-refractivity contribution in [3.8, 4) is 5.88 Å². The molecular formula is C11H19N3O3. The summed E-state index contributed by atoms with van der Waals surface area (Å²) in [5, 5.41) is 12.2. The van der Waals surface area contributed by atoms with Gasteiger partial charge in [0.15, 0.2) is 5.79 Å². The molecule has 0 aliphatic heterocycles. The molecule has 0 bridgehead atoms. The molecule has 1 aromatic rings. The van der Waals surface area contributed by atoms with Crippen LogP contribution < -0.4 is 10.1 Å². The lowest BCUT2D eigenvalue weighted by atomic mass is 10.4. The Morgan fingerprint density at radius 1 is 1.29 bits per heavy atom. The van der Waals surface area contributed by atoms with Crippen LogP contribution in [0.2, 0.25) is 0 Å². The first kappa shape index (κ1) is 13.7. The molecule has 0 unspecified atom stereocenters. The third-order valence-corrected chi connectivity index (χ3v) is 1.88. The van der Waals surface area contributed by atoms with E-state index in [1.54, 1.807) is 33.3 Å². The SMILES string of the molecule is CNc1cnc(OCCCOC(C)(C)O)cn1. The fourth-order valence-corrected chi connectivity index (χ4v) is 1.08. The molecule has 0 spiro atoms. The van der Waals surface area contributed by atoms with E-state index in [0.717, 1.165) is 0 Å². The molecule has 2 N–H and O–H groups in total. The summed E-state index contributed by atoms with van der Waals surface area (Å²) < 4.78 is 10.5. The molecule has 17 heavy (non-hydrogen) atoms. The van der Waals surface area contributed by atoms with Gasteiger partial charge in [0, 0.05) is 13.5 Å². The molecule has 1 rings (SSSR count). The van der Waals surface area contributed by atoms with Crippen molar-refractivity contribution in [2.75, 3.05) is 25.6 Å². The first-order chi connectivity index (χ1) is 8.01. The Labute approximate surface area is 101 Å². The fraction of sp³-hybridized carbons (Fsp3) is 0.636. The van der Waals surface area contributed by atoms with Crippen molar-refractivity contribution in [2.45, 2.75) is 26.1 Å². The highest BCUT2D eigenvalue weighted by molar-refractivity contribution is 5.30. The largest absolute Gasteiger partial charge is 0.476 e. The summed E-state index contributed by atoms with van der Waals surface area (Å²) in [6.45, 7) is 4.10. The van der Waals surface area contributed by atoms with Crippen LogP contribution in [0.3, 0.4) is 0 Å². The zero-order chi connectivity index (χ0) is 12.7. The Kier molecular flexibility index (Phi) is 5.11. The molecule has 0 saturated carbocycles. The van der Waals surface area contributed by atoms with Crippen LogP contribution in [0.1, 0.15) is 20.3 Å². The zero-order valence-corrected chi connectivity index (χ0v) is 10.4. The summed E-state index contributed by atoms with van der Waals surface area (Å²) in [4.78, 5) is 8.12. The molecule has 0 fully saturated rings. The van der Waals surface area contributed by atoms with E-state index in [1.807, 2.05) is 0 Å². The Balaban J connectivity index is 2.18. The van der Waals surface area contributed by atoms with E-state index < -0.39 is 5.79 Å². The monoisotopic (exact) mass is 241 g/mol. The summed E-state index contributed by atoms with van der Waals surface area (Å²) in [7, 11) is 1.78. The van der Waals surface area contributed by atoms with Gasteiger partial charge in [0.2, 0.25) is 5.88 Å². The zero-order valence-electron chi connectivity index (χ0n) is 10.4. The van der Waals surface area contributed by atoms with Gasteiger partial charge in [-0.15, -0.1) is 0 Å². The Hall–Kier alpha value is -1.40. The lowest BCUT2D eigenvalue weighted by Crippen LogP contribution is -2.24. The number of nitrogens with zero attached hydrogens (tertiary/aromatic N) is 2. The number of aliphatic hydroxyl groups is 1. The van der Waals surface area contributed by atoms with Gasteiger partial charge in [0.1, 0.15) is 5.82 Å². The van der Waals surface area contributed by atoms with Gasteiger partial charge in [-0.1, -0.05) is 0 Å². The topological polar surface area (TPSA) is 76.5 Å². The number of hydrogen-bond donors (Lipinski definition) is 2. The highest BCUT2D eigenvalue weighted by Gasteiger charge is 2.11. The van der Waals surface area contributed by atoms with Crippen LogP contribution >= 0.6 is 0 Å². The molecule has 96 valence electrons. The van der Waals surface area contributed by atoms with Crippen LogP contribution in [-0.4, -0.2) is 41.1 Å². The fourth-order valence-electron chi connectivity index (χ4n) is 1.08. The molecule has 6 heteroatoms. The van der Waals surface area contributed by atoms with Crippen LogP contribution in [0.25, 0.3) is 0 Å². The summed E-state index contributed by atoms with van der Waals surface area (Å²) in [5.41, 5.74) is 0. The van der Waals surface area contributed by atoms with E-state index in [1.165, 1.54) is 0 Å². The average molecular weight is 241 g/mol. The van der Waals surface area contributed by atoms with Crippen LogP contribution in [0.4, 0.5) is 5.82 Å². The number of aromatic nitrogens is 2. The first-order valence-electron chi connectivity index (χ1n) is 5.50. The Morgan fingerprint density at radius 2 is 2.06 bits per heavy atom. The molecule has 0 aromatic carbocycles. The summed E-state index contributed by atoms with van der Waals surface area (Å²) >= 11 is 0. The molecule has 1 heterocycles. The van der Waals surface area contributed by atoms with Gasteiger partial charge in [-0.05, 0) is 13.8 Å². The van der Waals surface area contributed by atoms with Gasteiger partial charge in [-0.3, -0.25) is 0 Å². The standard InChI is InChI=1S/C11H19N3O3/c1-11(2,15)17-6-4-5-16-10-8-13-9(12-3)7-14-10/h7-8,15H,4-6H2,1-3H3,(H,12,13). The maximum atomic E-state index is 9.30. The van der Waals surface area contributed by atoms with E-state index in [0.29, 0.717) is 31.3 Å². The molecule has 0 saturated heterocycles. The molecule has 6 nitrogen and oxygen atoms in total. The van der Waals surface area contributed by atoms with Crippen LogP contribution in [-0.2, 0) is 4.74 Å². The highest BCUT2D eigenvalue weighted by atomic mass is 16.6. The van der Waals surface area contributed by atoms with E-state index in [4.69, 9.17) is 9.47 Å². The van der Waals surface area contributed by atoms with Crippen LogP contribution in [0.15, 0.2) is 12.4 Å². The lowest BCUT2D eigenvalue weighted by Gasteiger charge is -2.17. The van der Waals surface area contributed by atoms with Crippen molar-refractivity contribution in [3.63, 3.8) is 0 Å². The van der Waals surface area contributed by atoms with Gasteiger partial charge in [0.05, 0.1) is 25.6 Å². The van der Waals surface area contributed by atoms with Gasteiger partial charge < -0.3 is 19.9 Å². The van der Waals surface area contributed by atoms with Gasteiger partial charge in [-0.2, -0.15) is 0 Å². The Bertz CT molecular complexity index is 322. The second kappa shape index (κ2) is 6.36. The van der Waals surface area contributed by atoms with Gasteiger partial charge in [0.25, 0.3) is 0 Å². The molecule has 0 radical (unpaired) electrons. The van der Waals surface area contributed by atoms with Crippen molar-refractivity contribution in [1.29, 1.82) is 0 Å². The smallest absolute Gasteiger partial charge is 0.232 e. The minimum absolute atomic E-state index is 0.436.